The van der Waals surface area contributed by atoms with Gasteiger partial charge in [0, 0.05) is 6.08 Å². The molecule has 0 saturated heterocycles. The van der Waals surface area contributed by atoms with E-state index in [0.717, 1.165) is 11.1 Å². The van der Waals surface area contributed by atoms with Crippen LogP contribution in [0.4, 0.5) is 0 Å². The second-order valence-corrected chi connectivity index (χ2v) is 6.23. The summed E-state index contributed by atoms with van der Waals surface area (Å²) in [7, 11) is 1.44. The van der Waals surface area contributed by atoms with Gasteiger partial charge in [-0.15, -0.1) is 0 Å². The summed E-state index contributed by atoms with van der Waals surface area (Å²) in [6.07, 6.45) is 7.87. The van der Waals surface area contributed by atoms with Gasteiger partial charge in [0.05, 0.1) is 7.11 Å². The minimum absolute atomic E-state index is 0.247. The van der Waals surface area contributed by atoms with Gasteiger partial charge < -0.3 is 4.74 Å². The Hall–Kier alpha value is -1.57. The van der Waals surface area contributed by atoms with Crippen LogP contribution in [0.15, 0.2) is 30.3 Å². The van der Waals surface area contributed by atoms with Crippen molar-refractivity contribution >= 4 is 11.5 Å². The van der Waals surface area contributed by atoms with Crippen LogP contribution in [-0.2, 0) is 9.53 Å². The molecule has 1 aliphatic rings. The van der Waals surface area contributed by atoms with Gasteiger partial charge in [0.2, 0.25) is 0 Å². The third-order valence-electron chi connectivity index (χ3n) is 4.43. The summed E-state index contributed by atoms with van der Waals surface area (Å²) in [6.45, 7) is 4.39. The monoisotopic (exact) mass is 286 g/mol. The van der Waals surface area contributed by atoms with E-state index in [1.807, 2.05) is 0 Å². The molecule has 0 aromatic heterocycles. The second kappa shape index (κ2) is 7.44. The van der Waals surface area contributed by atoms with Crippen LogP contribution in [0.5, 0.6) is 0 Å². The van der Waals surface area contributed by atoms with E-state index in [1.54, 1.807) is 6.08 Å². The van der Waals surface area contributed by atoms with E-state index in [0.29, 0.717) is 11.8 Å². The van der Waals surface area contributed by atoms with E-state index in [2.05, 4.69) is 38.1 Å². The number of benzene rings is 1. The molecule has 114 valence electrons. The Balaban J connectivity index is 2.29. The average Bonchev–Trinajstić information content (AvgIpc) is 2.53. The Morgan fingerprint density at radius 3 is 2.29 bits per heavy atom. The lowest BCUT2D eigenvalue weighted by Crippen LogP contribution is -2.11. The van der Waals surface area contributed by atoms with E-state index in [1.165, 1.54) is 44.8 Å². The first-order chi connectivity index (χ1) is 10.1. The zero-order chi connectivity index (χ0) is 15.2. The predicted octanol–water partition coefficient (Wildman–Crippen LogP) is 4.95. The third kappa shape index (κ3) is 4.20. The standard InChI is InChI=1S/C19H26O2/c1-14(2)15-9-11-17(12-10-15)18(13-19(20)21-3)16-7-5-4-6-8-16/h9-14,16H,4-8H2,1-3H3. The molecule has 0 heterocycles. The normalized spacial score (nSPS) is 17.0. The van der Waals surface area contributed by atoms with Gasteiger partial charge in [-0.25, -0.2) is 4.79 Å². The molecule has 0 aliphatic heterocycles. The highest BCUT2D eigenvalue weighted by atomic mass is 16.5. The van der Waals surface area contributed by atoms with Crippen LogP contribution < -0.4 is 0 Å². The maximum atomic E-state index is 11.7. The number of methoxy groups -OCH3 is 1. The topological polar surface area (TPSA) is 26.3 Å². The van der Waals surface area contributed by atoms with Gasteiger partial charge in [-0.2, -0.15) is 0 Å². The zero-order valence-corrected chi connectivity index (χ0v) is 13.4. The molecule has 0 spiro atoms. The Bertz CT molecular complexity index is 491. The Labute approximate surface area is 128 Å². The number of hydrogen-bond acceptors (Lipinski definition) is 2. The molecule has 0 atom stereocenters. The quantitative estimate of drug-likeness (QED) is 0.578. The van der Waals surface area contributed by atoms with E-state index in [-0.39, 0.29) is 5.97 Å². The van der Waals surface area contributed by atoms with Crippen LogP contribution in [0.2, 0.25) is 0 Å². The summed E-state index contributed by atoms with van der Waals surface area (Å²) in [5.74, 6) is 0.771. The summed E-state index contributed by atoms with van der Waals surface area (Å²) in [4.78, 5) is 11.7. The summed E-state index contributed by atoms with van der Waals surface area (Å²) >= 11 is 0. The minimum Gasteiger partial charge on any atom is -0.466 e. The fourth-order valence-electron chi connectivity index (χ4n) is 3.10. The molecule has 1 aromatic carbocycles. The first-order valence-electron chi connectivity index (χ1n) is 8.01. The largest absolute Gasteiger partial charge is 0.466 e. The smallest absolute Gasteiger partial charge is 0.330 e. The van der Waals surface area contributed by atoms with E-state index in [4.69, 9.17) is 4.74 Å². The van der Waals surface area contributed by atoms with Crippen molar-refractivity contribution in [3.63, 3.8) is 0 Å². The number of rotatable bonds is 4. The lowest BCUT2D eigenvalue weighted by molar-refractivity contribution is -0.134. The average molecular weight is 286 g/mol. The summed E-state index contributed by atoms with van der Waals surface area (Å²) < 4.78 is 4.84. The van der Waals surface area contributed by atoms with Gasteiger partial charge in [0.25, 0.3) is 0 Å². The molecule has 1 fully saturated rings. The molecular formula is C19H26O2. The van der Waals surface area contributed by atoms with Gasteiger partial charge in [0.1, 0.15) is 0 Å². The number of ether oxygens (including phenoxy) is 1. The Morgan fingerprint density at radius 1 is 1.14 bits per heavy atom. The maximum absolute atomic E-state index is 11.7. The van der Waals surface area contributed by atoms with E-state index >= 15 is 0 Å². The van der Waals surface area contributed by atoms with E-state index in [9.17, 15) is 4.79 Å². The van der Waals surface area contributed by atoms with Crippen molar-refractivity contribution < 1.29 is 9.53 Å². The molecule has 2 nitrogen and oxygen atoms in total. The number of esters is 1. The van der Waals surface area contributed by atoms with Gasteiger partial charge in [-0.05, 0) is 41.4 Å². The second-order valence-electron chi connectivity index (χ2n) is 6.23. The fraction of sp³-hybridized carbons (Fsp3) is 0.526. The molecule has 0 amide bonds. The van der Waals surface area contributed by atoms with Gasteiger partial charge in [-0.3, -0.25) is 0 Å². The molecule has 0 radical (unpaired) electrons. The maximum Gasteiger partial charge on any atom is 0.330 e. The van der Waals surface area contributed by atoms with Crippen LogP contribution in [0, 0.1) is 5.92 Å². The van der Waals surface area contributed by atoms with Crippen LogP contribution in [0.1, 0.15) is 63.0 Å². The van der Waals surface area contributed by atoms with Gasteiger partial charge in [0.15, 0.2) is 0 Å². The molecule has 0 bridgehead atoms. The molecule has 1 aliphatic carbocycles. The number of allylic oxidation sites excluding steroid dienone is 1. The first kappa shape index (κ1) is 15.8. The molecular weight excluding hydrogens is 260 g/mol. The van der Waals surface area contributed by atoms with Crippen LogP contribution in [0.25, 0.3) is 5.57 Å². The lowest BCUT2D eigenvalue weighted by atomic mass is 9.80. The fourth-order valence-corrected chi connectivity index (χ4v) is 3.10. The number of carbonyl (C=O) groups excluding carboxylic acids is 1. The zero-order valence-electron chi connectivity index (χ0n) is 13.4. The van der Waals surface area contributed by atoms with Crippen molar-refractivity contribution in [1.29, 1.82) is 0 Å². The van der Waals surface area contributed by atoms with Crippen molar-refractivity contribution in [2.45, 2.75) is 51.9 Å². The summed E-state index contributed by atoms with van der Waals surface area (Å²) in [5, 5.41) is 0. The van der Waals surface area contributed by atoms with E-state index < -0.39 is 0 Å². The highest BCUT2D eigenvalue weighted by Crippen LogP contribution is 2.35. The molecule has 0 N–H and O–H groups in total. The van der Waals surface area contributed by atoms with Crippen molar-refractivity contribution in [3.8, 4) is 0 Å². The molecule has 1 aromatic rings. The van der Waals surface area contributed by atoms with Crippen LogP contribution >= 0.6 is 0 Å². The Kier molecular flexibility index (Phi) is 5.60. The van der Waals surface area contributed by atoms with Gasteiger partial charge >= 0.3 is 5.97 Å². The SMILES string of the molecule is COC(=O)C=C(c1ccc(C(C)C)cc1)C1CCCCC1. The number of hydrogen-bond donors (Lipinski definition) is 0. The van der Waals surface area contributed by atoms with Crippen LogP contribution in [-0.4, -0.2) is 13.1 Å². The van der Waals surface area contributed by atoms with Crippen LogP contribution in [0.3, 0.4) is 0 Å². The molecule has 2 heteroatoms. The molecule has 1 saturated carbocycles. The highest BCUT2D eigenvalue weighted by Gasteiger charge is 2.20. The molecule has 2 rings (SSSR count). The summed E-state index contributed by atoms with van der Waals surface area (Å²) in [6, 6.07) is 8.65. The highest BCUT2D eigenvalue weighted by molar-refractivity contribution is 5.91. The lowest BCUT2D eigenvalue weighted by Gasteiger charge is -2.25. The predicted molar refractivity (Wildman–Crippen MR) is 87.1 cm³/mol. The summed E-state index contributed by atoms with van der Waals surface area (Å²) in [5.41, 5.74) is 3.65. The minimum atomic E-state index is -0.247. The number of carbonyl (C=O) groups is 1. The third-order valence-corrected chi connectivity index (χ3v) is 4.43. The van der Waals surface area contributed by atoms with Crippen molar-refractivity contribution in [2.75, 3.05) is 7.11 Å². The molecule has 21 heavy (non-hydrogen) atoms. The first-order valence-corrected chi connectivity index (χ1v) is 8.01. The van der Waals surface area contributed by atoms with Crippen molar-refractivity contribution in [1.82, 2.24) is 0 Å². The Morgan fingerprint density at radius 2 is 1.76 bits per heavy atom. The van der Waals surface area contributed by atoms with Crippen molar-refractivity contribution in [3.05, 3.63) is 41.5 Å². The molecule has 0 unspecified atom stereocenters. The van der Waals surface area contributed by atoms with Gasteiger partial charge in [-0.1, -0.05) is 57.4 Å². The van der Waals surface area contributed by atoms with Crippen molar-refractivity contribution in [2.24, 2.45) is 5.92 Å².